The van der Waals surface area contributed by atoms with Crippen LogP contribution in [0.25, 0.3) is 22.0 Å². The molecule has 0 aliphatic heterocycles. The van der Waals surface area contributed by atoms with Crippen molar-refractivity contribution in [3.8, 4) is 11.1 Å². The van der Waals surface area contributed by atoms with Gasteiger partial charge in [-0.25, -0.2) is 0 Å². The van der Waals surface area contributed by atoms with Crippen LogP contribution in [-0.4, -0.2) is 10.4 Å². The van der Waals surface area contributed by atoms with E-state index in [-0.39, 0.29) is 5.78 Å². The summed E-state index contributed by atoms with van der Waals surface area (Å²) in [5, 5.41) is 1.08. The molecule has 29 heavy (non-hydrogen) atoms. The topological polar surface area (TPSA) is 22.0 Å². The third kappa shape index (κ3) is 3.09. The quantitative estimate of drug-likeness (QED) is 0.300. The molecule has 1 heterocycles. The zero-order chi connectivity index (χ0) is 19.8. The van der Waals surface area contributed by atoms with Crippen LogP contribution in [0.2, 0.25) is 0 Å². The number of nitrogens with zero attached hydrogens (tertiary/aromatic N) is 1. The van der Waals surface area contributed by atoms with Crippen LogP contribution in [0.15, 0.2) is 72.9 Å². The van der Waals surface area contributed by atoms with Crippen LogP contribution >= 0.6 is 0 Å². The van der Waals surface area contributed by atoms with Crippen molar-refractivity contribution in [3.05, 3.63) is 95.2 Å². The van der Waals surface area contributed by atoms with Crippen molar-refractivity contribution >= 4 is 16.7 Å². The van der Waals surface area contributed by atoms with Crippen molar-refractivity contribution in [2.75, 3.05) is 0 Å². The Labute approximate surface area is 171 Å². The first kappa shape index (κ1) is 17.9. The minimum Gasteiger partial charge on any atom is -0.350 e. The average molecular weight is 380 g/mol. The van der Waals surface area contributed by atoms with E-state index in [1.54, 1.807) is 0 Å². The number of benzene rings is 3. The lowest BCUT2D eigenvalue weighted by molar-refractivity contribution is 0.104. The van der Waals surface area contributed by atoms with E-state index < -0.39 is 0 Å². The zero-order valence-corrected chi connectivity index (χ0v) is 16.8. The highest BCUT2D eigenvalue weighted by molar-refractivity contribution is 6.17. The predicted octanol–water partition coefficient (Wildman–Crippen LogP) is 6.35. The van der Waals surface area contributed by atoms with Crippen LogP contribution in [0.1, 0.15) is 46.3 Å². The molecule has 0 N–H and O–H groups in total. The van der Waals surface area contributed by atoms with Crippen molar-refractivity contribution in [1.82, 2.24) is 4.57 Å². The van der Waals surface area contributed by atoms with Crippen LogP contribution in [0, 0.1) is 0 Å². The van der Waals surface area contributed by atoms with Crippen molar-refractivity contribution in [2.24, 2.45) is 7.05 Å². The standard InChI is InChI=1S/C27H25NO/c1-28-18-25(27(29)20-13-7-3-8-14-20)24-17-23(19-11-5-2-6-12-19)21-15-9-4-10-16-22(21)26(24)28/h2-3,5-8,11-14,17-18H,4,9-10,15-16H2,1H3. The highest BCUT2D eigenvalue weighted by Crippen LogP contribution is 2.38. The summed E-state index contributed by atoms with van der Waals surface area (Å²) in [5.74, 6) is 0.101. The van der Waals surface area contributed by atoms with Gasteiger partial charge in [-0.2, -0.15) is 0 Å². The Morgan fingerprint density at radius 1 is 0.828 bits per heavy atom. The molecule has 144 valence electrons. The molecule has 0 atom stereocenters. The number of carbonyl (C=O) groups is 1. The van der Waals surface area contributed by atoms with E-state index in [0.29, 0.717) is 0 Å². The number of aromatic nitrogens is 1. The minimum atomic E-state index is 0.101. The van der Waals surface area contributed by atoms with E-state index in [0.717, 1.165) is 29.4 Å². The summed E-state index contributed by atoms with van der Waals surface area (Å²) in [5.41, 5.74) is 8.24. The van der Waals surface area contributed by atoms with Crippen LogP contribution in [0.3, 0.4) is 0 Å². The largest absolute Gasteiger partial charge is 0.350 e. The molecular formula is C27H25NO. The van der Waals surface area contributed by atoms with Gasteiger partial charge in [0, 0.05) is 29.8 Å². The smallest absolute Gasteiger partial charge is 0.195 e. The van der Waals surface area contributed by atoms with Gasteiger partial charge >= 0.3 is 0 Å². The van der Waals surface area contributed by atoms with Gasteiger partial charge in [0.05, 0.1) is 5.52 Å². The number of hydrogen-bond donors (Lipinski definition) is 0. The second-order valence-electron chi connectivity index (χ2n) is 8.05. The van der Waals surface area contributed by atoms with Gasteiger partial charge < -0.3 is 4.57 Å². The maximum absolute atomic E-state index is 13.3. The van der Waals surface area contributed by atoms with E-state index in [1.165, 1.54) is 47.0 Å². The Morgan fingerprint density at radius 3 is 2.21 bits per heavy atom. The molecule has 3 aromatic carbocycles. The van der Waals surface area contributed by atoms with Gasteiger partial charge in [0.25, 0.3) is 0 Å². The Balaban J connectivity index is 1.80. The average Bonchev–Trinajstić information content (AvgIpc) is 2.94. The Bertz CT molecular complexity index is 1190. The SMILES string of the molecule is Cn1cc(C(=O)c2ccccc2)c2cc(-c3ccccc3)c3c(c21)CCCCC3. The molecule has 0 radical (unpaired) electrons. The normalized spacial score (nSPS) is 13.8. The summed E-state index contributed by atoms with van der Waals surface area (Å²) in [4.78, 5) is 13.3. The van der Waals surface area contributed by atoms with Crippen molar-refractivity contribution in [3.63, 3.8) is 0 Å². The lowest BCUT2D eigenvalue weighted by Crippen LogP contribution is -2.01. The van der Waals surface area contributed by atoms with Gasteiger partial charge in [-0.05, 0) is 54.0 Å². The summed E-state index contributed by atoms with van der Waals surface area (Å²) >= 11 is 0. The molecule has 0 unspecified atom stereocenters. The molecule has 0 saturated carbocycles. The fourth-order valence-electron chi connectivity index (χ4n) is 4.84. The number of ketones is 1. The molecule has 2 nitrogen and oxygen atoms in total. The molecule has 1 aromatic heterocycles. The minimum absolute atomic E-state index is 0.101. The van der Waals surface area contributed by atoms with Crippen LogP contribution in [0.5, 0.6) is 0 Å². The van der Waals surface area contributed by atoms with Crippen molar-refractivity contribution < 1.29 is 4.79 Å². The van der Waals surface area contributed by atoms with Gasteiger partial charge in [-0.3, -0.25) is 4.79 Å². The molecule has 5 rings (SSSR count). The maximum Gasteiger partial charge on any atom is 0.195 e. The Kier molecular flexibility index (Phi) is 4.55. The first-order valence-corrected chi connectivity index (χ1v) is 10.5. The molecule has 0 spiro atoms. The molecule has 0 bridgehead atoms. The number of aryl methyl sites for hydroxylation is 2. The fraction of sp³-hybridized carbons (Fsp3) is 0.222. The van der Waals surface area contributed by atoms with Gasteiger partial charge in [-0.1, -0.05) is 67.1 Å². The van der Waals surface area contributed by atoms with E-state index in [1.807, 2.05) is 36.5 Å². The van der Waals surface area contributed by atoms with Gasteiger partial charge in [0.1, 0.15) is 0 Å². The van der Waals surface area contributed by atoms with Gasteiger partial charge in [0.15, 0.2) is 5.78 Å². The van der Waals surface area contributed by atoms with Crippen LogP contribution in [0.4, 0.5) is 0 Å². The summed E-state index contributed by atoms with van der Waals surface area (Å²) in [6.45, 7) is 0. The molecular weight excluding hydrogens is 354 g/mol. The molecule has 2 heteroatoms. The lowest BCUT2D eigenvalue weighted by atomic mass is 9.89. The number of hydrogen-bond acceptors (Lipinski definition) is 1. The number of rotatable bonds is 3. The van der Waals surface area contributed by atoms with Gasteiger partial charge in [0.2, 0.25) is 0 Å². The second-order valence-corrected chi connectivity index (χ2v) is 8.05. The summed E-state index contributed by atoms with van der Waals surface area (Å²) < 4.78 is 2.17. The van der Waals surface area contributed by atoms with E-state index in [4.69, 9.17) is 0 Å². The van der Waals surface area contributed by atoms with E-state index >= 15 is 0 Å². The lowest BCUT2D eigenvalue weighted by Gasteiger charge is -2.16. The van der Waals surface area contributed by atoms with Crippen LogP contribution < -0.4 is 0 Å². The Morgan fingerprint density at radius 2 is 1.48 bits per heavy atom. The Hall–Kier alpha value is -3.13. The molecule has 0 fully saturated rings. The van der Waals surface area contributed by atoms with E-state index in [2.05, 4.69) is 48.0 Å². The zero-order valence-electron chi connectivity index (χ0n) is 16.8. The number of carbonyl (C=O) groups excluding carboxylic acids is 1. The third-order valence-corrected chi connectivity index (χ3v) is 6.20. The molecule has 1 aliphatic rings. The highest BCUT2D eigenvalue weighted by Gasteiger charge is 2.23. The van der Waals surface area contributed by atoms with E-state index in [9.17, 15) is 4.79 Å². The van der Waals surface area contributed by atoms with Crippen molar-refractivity contribution in [2.45, 2.75) is 32.1 Å². The first-order valence-electron chi connectivity index (χ1n) is 10.5. The van der Waals surface area contributed by atoms with Crippen LogP contribution in [-0.2, 0) is 19.9 Å². The summed E-state index contributed by atoms with van der Waals surface area (Å²) in [6.07, 6.45) is 7.95. The summed E-state index contributed by atoms with van der Waals surface area (Å²) in [7, 11) is 2.08. The molecule has 0 amide bonds. The molecule has 4 aromatic rings. The van der Waals surface area contributed by atoms with Gasteiger partial charge in [-0.15, -0.1) is 0 Å². The maximum atomic E-state index is 13.3. The fourth-order valence-corrected chi connectivity index (χ4v) is 4.84. The highest BCUT2D eigenvalue weighted by atomic mass is 16.1. The van der Waals surface area contributed by atoms with Crippen molar-refractivity contribution in [1.29, 1.82) is 0 Å². The predicted molar refractivity (Wildman–Crippen MR) is 119 cm³/mol. The number of fused-ring (bicyclic) bond motifs is 3. The molecule has 1 aliphatic carbocycles. The monoisotopic (exact) mass is 379 g/mol. The molecule has 0 saturated heterocycles. The second kappa shape index (κ2) is 7.36. The third-order valence-electron chi connectivity index (χ3n) is 6.20. The summed E-state index contributed by atoms with van der Waals surface area (Å²) in [6, 6.07) is 22.5. The first-order chi connectivity index (χ1) is 14.2.